The van der Waals surface area contributed by atoms with Gasteiger partial charge in [0.25, 0.3) is 0 Å². The summed E-state index contributed by atoms with van der Waals surface area (Å²) in [6, 6.07) is 2.39. The number of ether oxygens (including phenoxy) is 4. The van der Waals surface area contributed by atoms with Crippen molar-refractivity contribution in [3.05, 3.63) is 22.8 Å². The van der Waals surface area contributed by atoms with E-state index in [1.165, 1.54) is 32.1 Å². The molecule has 0 heterocycles. The average Bonchev–Trinajstić information content (AvgIpc) is 3.23. The first kappa shape index (κ1) is 30.8. The standard InChI is InChI=1S/C34H55NO4/c1-10-36-23(4)38-29(18-21-35)22(3)26-13-14-27-25-12-15-30-32(6,7)31(39-24(5)37-11-2)17-20-34(30,9)28(25)16-19-33(26,27)8/h14,22-24,26,29-31H,10-13,15-20H2,1-9H3/t22-,23?,24?,26+,29+,30-,31-,33+,34+/m0/s1. The van der Waals surface area contributed by atoms with E-state index in [0.29, 0.717) is 37.4 Å². The van der Waals surface area contributed by atoms with Gasteiger partial charge in [-0.1, -0.05) is 46.3 Å². The summed E-state index contributed by atoms with van der Waals surface area (Å²) < 4.78 is 24.2. The summed E-state index contributed by atoms with van der Waals surface area (Å²) in [7, 11) is 0. The molecule has 0 amide bonds. The van der Waals surface area contributed by atoms with Crippen LogP contribution in [0.4, 0.5) is 0 Å². The molecule has 0 spiro atoms. The summed E-state index contributed by atoms with van der Waals surface area (Å²) in [6.45, 7) is 21.6. The van der Waals surface area contributed by atoms with E-state index in [1.54, 1.807) is 16.7 Å². The zero-order valence-electron chi connectivity index (χ0n) is 26.3. The Morgan fingerprint density at radius 2 is 1.64 bits per heavy atom. The van der Waals surface area contributed by atoms with Gasteiger partial charge >= 0.3 is 0 Å². The molecule has 4 aliphatic carbocycles. The van der Waals surface area contributed by atoms with Gasteiger partial charge < -0.3 is 18.9 Å². The lowest BCUT2D eigenvalue weighted by atomic mass is 9.46. The molecule has 9 atom stereocenters. The third kappa shape index (κ3) is 5.53. The highest BCUT2D eigenvalue weighted by Gasteiger charge is 2.58. The van der Waals surface area contributed by atoms with Crippen LogP contribution in [-0.2, 0) is 18.9 Å². The van der Waals surface area contributed by atoms with Crippen LogP contribution in [0.3, 0.4) is 0 Å². The van der Waals surface area contributed by atoms with Crippen molar-refractivity contribution in [2.24, 2.45) is 34.0 Å². The maximum Gasteiger partial charge on any atom is 0.155 e. The summed E-state index contributed by atoms with van der Waals surface area (Å²) in [5.74, 6) is 1.39. The van der Waals surface area contributed by atoms with Crippen molar-refractivity contribution < 1.29 is 18.9 Å². The lowest BCUT2D eigenvalue weighted by molar-refractivity contribution is -0.214. The van der Waals surface area contributed by atoms with Crippen LogP contribution in [0.5, 0.6) is 0 Å². The second-order valence-electron chi connectivity index (χ2n) is 13.8. The molecule has 0 N–H and O–H groups in total. The zero-order valence-corrected chi connectivity index (χ0v) is 26.3. The van der Waals surface area contributed by atoms with Gasteiger partial charge in [-0.05, 0) is 118 Å². The normalized spacial score (nSPS) is 36.6. The topological polar surface area (TPSA) is 60.7 Å². The summed E-state index contributed by atoms with van der Waals surface area (Å²) >= 11 is 0. The molecule has 2 unspecified atom stereocenters. The molecular formula is C34H55NO4. The second kappa shape index (κ2) is 12.0. The van der Waals surface area contributed by atoms with Crippen LogP contribution in [0, 0.1) is 45.3 Å². The minimum Gasteiger partial charge on any atom is -0.353 e. The fraction of sp³-hybridized carbons (Fsp3) is 0.853. The van der Waals surface area contributed by atoms with E-state index < -0.39 is 0 Å². The average molecular weight is 542 g/mol. The van der Waals surface area contributed by atoms with Gasteiger partial charge in [0.05, 0.1) is 24.7 Å². The summed E-state index contributed by atoms with van der Waals surface area (Å²) in [5.41, 5.74) is 5.53. The molecule has 0 bridgehead atoms. The van der Waals surface area contributed by atoms with E-state index in [1.807, 2.05) is 27.7 Å². The molecule has 0 aromatic carbocycles. The Kier molecular flexibility index (Phi) is 9.44. The predicted molar refractivity (Wildman–Crippen MR) is 156 cm³/mol. The van der Waals surface area contributed by atoms with Gasteiger partial charge in [-0.3, -0.25) is 0 Å². The first-order valence-corrected chi connectivity index (χ1v) is 15.8. The van der Waals surface area contributed by atoms with Gasteiger partial charge in [-0.25, -0.2) is 0 Å². The van der Waals surface area contributed by atoms with Crippen molar-refractivity contribution in [3.63, 3.8) is 0 Å². The molecule has 5 heteroatoms. The Hall–Kier alpha value is -1.19. The van der Waals surface area contributed by atoms with Crippen molar-refractivity contribution in [2.45, 2.75) is 138 Å². The Morgan fingerprint density at radius 3 is 2.31 bits per heavy atom. The monoisotopic (exact) mass is 541 g/mol. The van der Waals surface area contributed by atoms with E-state index in [9.17, 15) is 5.26 Å². The fourth-order valence-electron chi connectivity index (χ4n) is 9.47. The van der Waals surface area contributed by atoms with Gasteiger partial charge in [0, 0.05) is 13.2 Å². The van der Waals surface area contributed by atoms with Gasteiger partial charge in [-0.2, -0.15) is 5.26 Å². The minimum absolute atomic E-state index is 0.107. The number of nitrogens with zero attached hydrogens (tertiary/aromatic N) is 1. The molecule has 0 radical (unpaired) electrons. The van der Waals surface area contributed by atoms with Crippen LogP contribution in [-0.4, -0.2) is 38.0 Å². The zero-order chi connectivity index (χ0) is 28.6. The molecule has 0 aromatic heterocycles. The Bertz CT molecular complexity index is 978. The molecule has 4 aliphatic rings. The smallest absolute Gasteiger partial charge is 0.155 e. The van der Waals surface area contributed by atoms with Crippen molar-refractivity contribution in [3.8, 4) is 6.07 Å². The molecule has 0 saturated heterocycles. The quantitative estimate of drug-likeness (QED) is 0.246. The summed E-state index contributed by atoms with van der Waals surface area (Å²) in [5, 5.41) is 9.59. The van der Waals surface area contributed by atoms with Crippen LogP contribution >= 0.6 is 0 Å². The predicted octanol–water partition coefficient (Wildman–Crippen LogP) is 8.35. The maximum atomic E-state index is 9.59. The van der Waals surface area contributed by atoms with Crippen molar-refractivity contribution in [2.75, 3.05) is 13.2 Å². The minimum atomic E-state index is -0.285. The molecule has 5 nitrogen and oxygen atoms in total. The lowest BCUT2D eigenvalue weighted by Crippen LogP contribution is -2.54. The molecule has 1 fully saturated rings. The number of nitriles is 1. The molecule has 4 rings (SSSR count). The number of hydrogen-bond donors (Lipinski definition) is 0. The van der Waals surface area contributed by atoms with Crippen molar-refractivity contribution in [1.29, 1.82) is 5.26 Å². The van der Waals surface area contributed by atoms with Crippen LogP contribution in [0.15, 0.2) is 22.8 Å². The van der Waals surface area contributed by atoms with Crippen LogP contribution < -0.4 is 0 Å². The Labute approximate surface area is 238 Å². The molecular weight excluding hydrogens is 486 g/mol. The first-order chi connectivity index (χ1) is 18.4. The lowest BCUT2D eigenvalue weighted by Gasteiger charge is -2.60. The summed E-state index contributed by atoms with van der Waals surface area (Å²) in [6.07, 6.45) is 10.8. The Morgan fingerprint density at radius 1 is 0.949 bits per heavy atom. The number of fused-ring (bicyclic) bond motifs is 4. The molecule has 39 heavy (non-hydrogen) atoms. The number of rotatable bonds is 11. The molecule has 0 aromatic rings. The van der Waals surface area contributed by atoms with E-state index in [2.05, 4.69) is 46.8 Å². The van der Waals surface area contributed by atoms with E-state index >= 15 is 0 Å². The van der Waals surface area contributed by atoms with Crippen LogP contribution in [0.1, 0.15) is 114 Å². The third-order valence-electron chi connectivity index (χ3n) is 11.4. The third-order valence-corrected chi connectivity index (χ3v) is 11.4. The molecule has 1 saturated carbocycles. The van der Waals surface area contributed by atoms with E-state index in [4.69, 9.17) is 18.9 Å². The van der Waals surface area contributed by atoms with Crippen molar-refractivity contribution >= 4 is 0 Å². The van der Waals surface area contributed by atoms with Gasteiger partial charge in [0.1, 0.15) is 0 Å². The highest BCUT2D eigenvalue weighted by molar-refractivity contribution is 5.50. The van der Waals surface area contributed by atoms with Gasteiger partial charge in [0.15, 0.2) is 12.6 Å². The first-order valence-electron chi connectivity index (χ1n) is 15.8. The largest absolute Gasteiger partial charge is 0.353 e. The molecule has 220 valence electrons. The SMILES string of the molecule is CCOC(C)O[C@H]1CC[C@]2(C)C3=C(CC[C@H]2C1(C)C)C1=CC[C@H]([C@H](C)[C@@H](CC#N)OC(C)OCC)[C@@]1(C)CC3. The van der Waals surface area contributed by atoms with Crippen molar-refractivity contribution in [1.82, 2.24) is 0 Å². The number of allylic oxidation sites excluding steroid dienone is 4. The Balaban J connectivity index is 1.56. The van der Waals surface area contributed by atoms with E-state index in [0.717, 1.165) is 12.8 Å². The van der Waals surface area contributed by atoms with Crippen LogP contribution in [0.2, 0.25) is 0 Å². The van der Waals surface area contributed by atoms with Crippen LogP contribution in [0.25, 0.3) is 0 Å². The highest BCUT2D eigenvalue weighted by atomic mass is 16.7. The molecule has 0 aliphatic heterocycles. The maximum absolute atomic E-state index is 9.59. The highest BCUT2D eigenvalue weighted by Crippen LogP contribution is 2.67. The summed E-state index contributed by atoms with van der Waals surface area (Å²) in [4.78, 5) is 0. The fourth-order valence-corrected chi connectivity index (χ4v) is 9.47. The second-order valence-corrected chi connectivity index (χ2v) is 13.8. The number of hydrogen-bond acceptors (Lipinski definition) is 5. The van der Waals surface area contributed by atoms with Gasteiger partial charge in [-0.15, -0.1) is 0 Å². The van der Waals surface area contributed by atoms with Gasteiger partial charge in [0.2, 0.25) is 0 Å². The van der Waals surface area contributed by atoms with E-state index in [-0.39, 0.29) is 41.0 Å².